The zero-order valence-electron chi connectivity index (χ0n) is 14.1. The molecule has 0 bridgehead atoms. The van der Waals surface area contributed by atoms with Crippen LogP contribution in [0.3, 0.4) is 0 Å². The Hall–Kier alpha value is -2.19. The van der Waals surface area contributed by atoms with Crippen LogP contribution in [-0.2, 0) is 21.2 Å². The third-order valence-corrected chi connectivity index (χ3v) is 6.89. The number of carbonyl (C=O) groups is 1. The number of thiophene rings is 1. The molecule has 27 heavy (non-hydrogen) atoms. The van der Waals surface area contributed by atoms with E-state index >= 15 is 0 Å². The number of nitrogens with one attached hydrogen (secondary N) is 2. The summed E-state index contributed by atoms with van der Waals surface area (Å²) in [7, 11) is -3.79. The average Bonchev–Trinajstić information content (AvgIpc) is 3.19. The van der Waals surface area contributed by atoms with Crippen molar-refractivity contribution >= 4 is 44.6 Å². The van der Waals surface area contributed by atoms with Gasteiger partial charge in [0.1, 0.15) is 10.3 Å². The van der Waals surface area contributed by atoms with Crippen LogP contribution in [0.2, 0.25) is 5.02 Å². The quantitative estimate of drug-likeness (QED) is 0.608. The average molecular weight is 421 g/mol. The highest BCUT2D eigenvalue weighted by Crippen LogP contribution is 2.18. The highest BCUT2D eigenvalue weighted by Gasteiger charge is 2.26. The van der Waals surface area contributed by atoms with Crippen LogP contribution in [0.15, 0.2) is 76.3 Å². The molecule has 1 heterocycles. The monoisotopic (exact) mass is 420 g/mol. The summed E-state index contributed by atoms with van der Waals surface area (Å²) in [6, 6.07) is 18.1. The largest absolute Gasteiger partial charge is 0.325 e. The van der Waals surface area contributed by atoms with Crippen LogP contribution in [0.5, 0.6) is 0 Å². The van der Waals surface area contributed by atoms with Gasteiger partial charge in [-0.2, -0.15) is 4.72 Å². The molecule has 0 aliphatic carbocycles. The van der Waals surface area contributed by atoms with E-state index in [2.05, 4.69) is 10.0 Å². The van der Waals surface area contributed by atoms with Crippen LogP contribution >= 0.6 is 22.9 Å². The number of anilines is 1. The third-order valence-electron chi connectivity index (χ3n) is 3.77. The van der Waals surface area contributed by atoms with Crippen molar-refractivity contribution in [2.24, 2.45) is 0 Å². The Labute approximate surface area is 167 Å². The van der Waals surface area contributed by atoms with Crippen molar-refractivity contribution < 1.29 is 13.2 Å². The van der Waals surface area contributed by atoms with Crippen molar-refractivity contribution in [2.45, 2.75) is 16.7 Å². The molecular formula is C19H17ClN2O3S2. The standard InChI is InChI=1S/C19H17ClN2O3S2/c20-15-8-10-16(11-9-15)21-19(23)17(13-14-5-2-1-3-6-14)22-27(24,25)18-7-4-12-26-18/h1-12,17,22H,13H2,(H,21,23)/t17-/m1/s1. The molecule has 0 aliphatic heterocycles. The summed E-state index contributed by atoms with van der Waals surface area (Å²) in [4.78, 5) is 12.8. The normalized spacial score (nSPS) is 12.5. The number of sulfonamides is 1. The van der Waals surface area contributed by atoms with E-state index in [-0.39, 0.29) is 10.6 Å². The second kappa shape index (κ2) is 8.67. The second-order valence-electron chi connectivity index (χ2n) is 5.79. The number of hydrogen-bond acceptors (Lipinski definition) is 4. The maximum atomic E-state index is 12.8. The molecule has 1 amide bonds. The lowest BCUT2D eigenvalue weighted by atomic mass is 10.1. The molecule has 0 aliphatic rings. The van der Waals surface area contributed by atoms with Gasteiger partial charge in [0, 0.05) is 10.7 Å². The van der Waals surface area contributed by atoms with Gasteiger partial charge in [-0.05, 0) is 47.7 Å². The Morgan fingerprint density at radius 2 is 1.70 bits per heavy atom. The topological polar surface area (TPSA) is 75.3 Å². The van der Waals surface area contributed by atoms with E-state index in [1.165, 1.54) is 6.07 Å². The summed E-state index contributed by atoms with van der Waals surface area (Å²) in [6.45, 7) is 0. The summed E-state index contributed by atoms with van der Waals surface area (Å²) in [5.41, 5.74) is 1.39. The van der Waals surface area contributed by atoms with Crippen molar-refractivity contribution in [1.29, 1.82) is 0 Å². The molecule has 2 N–H and O–H groups in total. The number of rotatable bonds is 7. The first-order valence-corrected chi connectivity index (χ1v) is 10.8. The van der Waals surface area contributed by atoms with Gasteiger partial charge < -0.3 is 5.32 Å². The molecule has 1 aromatic heterocycles. The van der Waals surface area contributed by atoms with Gasteiger partial charge in [0.15, 0.2) is 0 Å². The Morgan fingerprint density at radius 3 is 2.33 bits per heavy atom. The number of amides is 1. The molecule has 2 aromatic carbocycles. The molecule has 5 nitrogen and oxygen atoms in total. The lowest BCUT2D eigenvalue weighted by Crippen LogP contribution is -2.45. The minimum absolute atomic E-state index is 0.167. The van der Waals surface area contributed by atoms with E-state index in [0.29, 0.717) is 10.7 Å². The first-order chi connectivity index (χ1) is 12.9. The maximum Gasteiger partial charge on any atom is 0.250 e. The van der Waals surface area contributed by atoms with Crippen molar-refractivity contribution in [1.82, 2.24) is 4.72 Å². The van der Waals surface area contributed by atoms with Crippen molar-refractivity contribution in [3.05, 3.63) is 82.7 Å². The minimum Gasteiger partial charge on any atom is -0.325 e. The van der Waals surface area contributed by atoms with Gasteiger partial charge in [0.05, 0.1) is 0 Å². The van der Waals surface area contributed by atoms with Crippen LogP contribution in [0.4, 0.5) is 5.69 Å². The fourth-order valence-electron chi connectivity index (χ4n) is 2.46. The summed E-state index contributed by atoms with van der Waals surface area (Å²) in [5, 5.41) is 4.96. The van der Waals surface area contributed by atoms with Crippen LogP contribution in [0.1, 0.15) is 5.56 Å². The first kappa shape index (κ1) is 19.6. The van der Waals surface area contributed by atoms with Crippen LogP contribution in [0.25, 0.3) is 0 Å². The van der Waals surface area contributed by atoms with E-state index in [1.807, 2.05) is 30.3 Å². The molecule has 3 aromatic rings. The lowest BCUT2D eigenvalue weighted by molar-refractivity contribution is -0.117. The van der Waals surface area contributed by atoms with E-state index in [9.17, 15) is 13.2 Å². The van der Waals surface area contributed by atoms with Gasteiger partial charge in [-0.3, -0.25) is 4.79 Å². The smallest absolute Gasteiger partial charge is 0.250 e. The van der Waals surface area contributed by atoms with Crippen molar-refractivity contribution in [3.63, 3.8) is 0 Å². The molecule has 0 saturated heterocycles. The second-order valence-corrected chi connectivity index (χ2v) is 9.12. The van der Waals surface area contributed by atoms with Crippen LogP contribution in [-0.4, -0.2) is 20.4 Å². The molecule has 0 radical (unpaired) electrons. The highest BCUT2D eigenvalue weighted by atomic mass is 35.5. The molecule has 8 heteroatoms. The minimum atomic E-state index is -3.79. The van der Waals surface area contributed by atoms with Gasteiger partial charge in [-0.25, -0.2) is 8.42 Å². The summed E-state index contributed by atoms with van der Waals surface area (Å²) in [6.07, 6.45) is 0.227. The summed E-state index contributed by atoms with van der Waals surface area (Å²) in [5.74, 6) is -0.443. The third kappa shape index (κ3) is 5.40. The Bertz CT molecular complexity index is 989. The molecule has 140 valence electrons. The molecule has 0 spiro atoms. The number of benzene rings is 2. The lowest BCUT2D eigenvalue weighted by Gasteiger charge is -2.18. The molecule has 0 fully saturated rings. The van der Waals surface area contributed by atoms with E-state index in [4.69, 9.17) is 11.6 Å². The van der Waals surface area contributed by atoms with E-state index in [0.717, 1.165) is 16.9 Å². The Balaban J connectivity index is 1.82. The van der Waals surface area contributed by atoms with Crippen LogP contribution in [0, 0.1) is 0 Å². The zero-order valence-corrected chi connectivity index (χ0v) is 16.5. The van der Waals surface area contributed by atoms with Gasteiger partial charge >= 0.3 is 0 Å². The molecule has 1 atom stereocenters. The molecule has 0 saturated carbocycles. The number of hydrogen-bond donors (Lipinski definition) is 2. The summed E-state index contributed by atoms with van der Waals surface area (Å²) >= 11 is 6.96. The number of halogens is 1. The predicted molar refractivity (Wildman–Crippen MR) is 109 cm³/mol. The van der Waals surface area contributed by atoms with Crippen molar-refractivity contribution in [3.8, 4) is 0 Å². The number of carbonyl (C=O) groups excluding carboxylic acids is 1. The van der Waals surface area contributed by atoms with Gasteiger partial charge in [0.25, 0.3) is 10.0 Å². The fraction of sp³-hybridized carbons (Fsp3) is 0.105. The molecular weight excluding hydrogens is 404 g/mol. The molecule has 3 rings (SSSR count). The zero-order chi connectivity index (χ0) is 19.3. The van der Waals surface area contributed by atoms with Gasteiger partial charge in [-0.15, -0.1) is 11.3 Å². The highest BCUT2D eigenvalue weighted by molar-refractivity contribution is 7.91. The van der Waals surface area contributed by atoms with E-state index in [1.54, 1.807) is 35.7 Å². The van der Waals surface area contributed by atoms with Crippen LogP contribution < -0.4 is 10.0 Å². The predicted octanol–water partition coefficient (Wildman–Crippen LogP) is 3.93. The summed E-state index contributed by atoms with van der Waals surface area (Å²) < 4.78 is 27.9. The fourth-order valence-corrected chi connectivity index (χ4v) is 4.79. The first-order valence-electron chi connectivity index (χ1n) is 8.10. The molecule has 0 unspecified atom stereocenters. The van der Waals surface area contributed by atoms with Gasteiger partial charge in [0.2, 0.25) is 5.91 Å². The Kier molecular flexibility index (Phi) is 6.28. The van der Waals surface area contributed by atoms with Gasteiger partial charge in [-0.1, -0.05) is 48.0 Å². The Morgan fingerprint density at radius 1 is 1.00 bits per heavy atom. The SMILES string of the molecule is O=C(Nc1ccc(Cl)cc1)[C@@H](Cc1ccccc1)NS(=O)(=O)c1cccs1. The van der Waals surface area contributed by atoms with E-state index < -0.39 is 22.0 Å². The van der Waals surface area contributed by atoms with Crippen molar-refractivity contribution in [2.75, 3.05) is 5.32 Å². The maximum absolute atomic E-state index is 12.8.